The lowest BCUT2D eigenvalue weighted by Gasteiger charge is -2.12. The Bertz CT molecular complexity index is 1530. The number of halogens is 2. The van der Waals surface area contributed by atoms with Gasteiger partial charge in [0.25, 0.3) is 0 Å². The van der Waals surface area contributed by atoms with Crippen LogP contribution in [0.2, 0.25) is 0 Å². The summed E-state index contributed by atoms with van der Waals surface area (Å²) in [7, 11) is 0. The summed E-state index contributed by atoms with van der Waals surface area (Å²) in [5.74, 6) is 0. The number of imidazole rings is 1. The van der Waals surface area contributed by atoms with E-state index in [1.807, 2.05) is 18.2 Å². The molecule has 0 aliphatic carbocycles. The second-order valence-electron chi connectivity index (χ2n) is 8.85. The van der Waals surface area contributed by atoms with Crippen molar-refractivity contribution in [3.8, 4) is 22.4 Å². The molecule has 0 amide bonds. The van der Waals surface area contributed by atoms with E-state index in [2.05, 4.69) is 113 Å². The summed E-state index contributed by atoms with van der Waals surface area (Å²) in [6.07, 6.45) is 5.62. The zero-order chi connectivity index (χ0) is 23.9. The van der Waals surface area contributed by atoms with Crippen molar-refractivity contribution in [3.63, 3.8) is 0 Å². The SMILES string of the molecule is S=C(Nc1ccccc1)c1c(-c2ccc(Br)cc2)c2c3n(c(-c4ccc(Br)cc4)cn13)CCCC2. The lowest BCUT2D eigenvalue weighted by atomic mass is 9.98. The summed E-state index contributed by atoms with van der Waals surface area (Å²) in [6, 6.07) is 27.4. The number of hydrogen-bond acceptors (Lipinski definition) is 1. The Balaban J connectivity index is 1.62. The molecule has 6 heteroatoms. The van der Waals surface area contributed by atoms with Gasteiger partial charge >= 0.3 is 0 Å². The Labute approximate surface area is 227 Å². The largest absolute Gasteiger partial charge is 0.345 e. The molecule has 2 aromatic heterocycles. The molecule has 0 saturated carbocycles. The van der Waals surface area contributed by atoms with Crippen LogP contribution in [0.3, 0.4) is 0 Å². The van der Waals surface area contributed by atoms with E-state index in [0.29, 0.717) is 0 Å². The highest BCUT2D eigenvalue weighted by molar-refractivity contribution is 9.10. The fraction of sp³-hybridized carbons (Fsp3) is 0.138. The van der Waals surface area contributed by atoms with Gasteiger partial charge in [0.15, 0.2) is 0 Å². The number of aryl methyl sites for hydroxylation is 2. The normalized spacial score (nSPS) is 13.1. The average Bonchev–Trinajstić information content (AvgIpc) is 3.28. The lowest BCUT2D eigenvalue weighted by molar-refractivity contribution is 0.647. The fourth-order valence-electron chi connectivity index (χ4n) is 5.10. The molecule has 1 aliphatic heterocycles. The van der Waals surface area contributed by atoms with Gasteiger partial charge in [-0.15, -0.1) is 0 Å². The van der Waals surface area contributed by atoms with Crippen LogP contribution in [0.25, 0.3) is 28.0 Å². The van der Waals surface area contributed by atoms with Crippen LogP contribution in [-0.2, 0) is 13.0 Å². The molecular formula is C29H23Br2N3S. The summed E-state index contributed by atoms with van der Waals surface area (Å²) < 4.78 is 6.97. The van der Waals surface area contributed by atoms with Crippen molar-refractivity contribution in [2.75, 3.05) is 5.32 Å². The highest BCUT2D eigenvalue weighted by Crippen LogP contribution is 2.40. The summed E-state index contributed by atoms with van der Waals surface area (Å²) in [5.41, 5.74) is 9.54. The predicted octanol–water partition coefficient (Wildman–Crippen LogP) is 8.72. The first-order valence-corrected chi connectivity index (χ1v) is 13.7. The third-order valence-electron chi connectivity index (χ3n) is 6.65. The number of thiocarbonyl (C=S) groups is 1. The van der Waals surface area contributed by atoms with Gasteiger partial charge in [-0.05, 0) is 66.8 Å². The van der Waals surface area contributed by atoms with Gasteiger partial charge in [0.1, 0.15) is 10.6 Å². The van der Waals surface area contributed by atoms with Crippen LogP contribution in [0, 0.1) is 0 Å². The van der Waals surface area contributed by atoms with Gasteiger partial charge in [-0.3, -0.25) is 4.40 Å². The molecule has 174 valence electrons. The number of benzene rings is 3. The highest BCUT2D eigenvalue weighted by atomic mass is 79.9. The maximum atomic E-state index is 6.09. The van der Waals surface area contributed by atoms with Crippen molar-refractivity contribution < 1.29 is 0 Å². The zero-order valence-electron chi connectivity index (χ0n) is 19.0. The van der Waals surface area contributed by atoms with E-state index in [0.717, 1.165) is 51.1 Å². The molecule has 6 rings (SSSR count). The van der Waals surface area contributed by atoms with Crippen LogP contribution >= 0.6 is 44.1 Å². The average molecular weight is 605 g/mol. The maximum absolute atomic E-state index is 6.09. The first kappa shape index (κ1) is 22.8. The van der Waals surface area contributed by atoms with Gasteiger partial charge in [-0.2, -0.15) is 0 Å². The molecule has 0 radical (unpaired) electrons. The maximum Gasteiger partial charge on any atom is 0.128 e. The van der Waals surface area contributed by atoms with Gasteiger partial charge in [0.2, 0.25) is 0 Å². The van der Waals surface area contributed by atoms with E-state index < -0.39 is 0 Å². The number of nitrogens with one attached hydrogen (secondary N) is 1. The Morgan fingerprint density at radius 2 is 1.46 bits per heavy atom. The molecule has 3 heterocycles. The Kier molecular flexibility index (Phi) is 6.13. The molecule has 1 aliphatic rings. The highest BCUT2D eigenvalue weighted by Gasteiger charge is 2.28. The standard InChI is InChI=1S/C29H23Br2N3S/c30-21-13-9-19(10-14-21)25-18-34-27(28(35)32-23-6-2-1-3-7-23)26(20-11-15-22(31)16-12-20)24-8-4-5-17-33(25)29(24)34/h1-3,6-7,9-16,18H,4-5,8,17H2,(H,32,35). The van der Waals surface area contributed by atoms with Crippen molar-refractivity contribution >= 4 is 60.4 Å². The summed E-state index contributed by atoms with van der Waals surface area (Å²) >= 11 is 13.3. The third kappa shape index (κ3) is 4.18. The predicted molar refractivity (Wildman–Crippen MR) is 156 cm³/mol. The number of aromatic nitrogens is 2. The third-order valence-corrected chi connectivity index (χ3v) is 8.01. The minimum Gasteiger partial charge on any atom is -0.345 e. The second kappa shape index (κ2) is 9.41. The zero-order valence-corrected chi connectivity index (χ0v) is 23.0. The quantitative estimate of drug-likeness (QED) is 0.207. The molecule has 35 heavy (non-hydrogen) atoms. The summed E-state index contributed by atoms with van der Waals surface area (Å²) in [6.45, 7) is 0.997. The Morgan fingerprint density at radius 1 is 0.800 bits per heavy atom. The number of para-hydroxylation sites is 1. The Hall–Kier alpha value is -2.67. The lowest BCUT2D eigenvalue weighted by Crippen LogP contribution is -2.14. The topological polar surface area (TPSA) is 21.4 Å². The number of hydrogen-bond donors (Lipinski definition) is 1. The van der Waals surface area contributed by atoms with Gasteiger partial charge in [-0.1, -0.05) is 86.5 Å². The molecule has 0 atom stereocenters. The van der Waals surface area contributed by atoms with E-state index in [1.54, 1.807) is 0 Å². The first-order chi connectivity index (χ1) is 17.1. The van der Waals surface area contributed by atoms with Crippen molar-refractivity contribution in [1.82, 2.24) is 8.97 Å². The van der Waals surface area contributed by atoms with Crippen molar-refractivity contribution in [3.05, 3.63) is 105 Å². The molecule has 0 fully saturated rings. The van der Waals surface area contributed by atoms with E-state index in [4.69, 9.17) is 12.2 Å². The van der Waals surface area contributed by atoms with Crippen LogP contribution in [0.5, 0.6) is 0 Å². The number of rotatable bonds is 4. The fourth-order valence-corrected chi connectivity index (χ4v) is 5.95. The molecule has 1 N–H and O–H groups in total. The molecule has 0 saturated heterocycles. The van der Waals surface area contributed by atoms with Crippen molar-refractivity contribution in [2.24, 2.45) is 0 Å². The van der Waals surface area contributed by atoms with Crippen molar-refractivity contribution in [2.45, 2.75) is 25.8 Å². The van der Waals surface area contributed by atoms with Crippen LogP contribution in [0.1, 0.15) is 24.1 Å². The molecule has 5 aromatic rings. The van der Waals surface area contributed by atoms with E-state index in [1.165, 1.54) is 33.6 Å². The molecular weight excluding hydrogens is 582 g/mol. The van der Waals surface area contributed by atoms with Crippen LogP contribution < -0.4 is 5.32 Å². The number of nitrogens with zero attached hydrogens (tertiary/aromatic N) is 2. The van der Waals surface area contributed by atoms with Gasteiger partial charge in [0.05, 0.1) is 11.4 Å². The molecule has 0 unspecified atom stereocenters. The molecule has 3 aromatic carbocycles. The van der Waals surface area contributed by atoms with Gasteiger partial charge < -0.3 is 9.88 Å². The summed E-state index contributed by atoms with van der Waals surface area (Å²) in [5, 5.41) is 3.51. The monoisotopic (exact) mass is 603 g/mol. The van der Waals surface area contributed by atoms with E-state index in [9.17, 15) is 0 Å². The van der Waals surface area contributed by atoms with Crippen LogP contribution in [0.15, 0.2) is 94.0 Å². The molecule has 0 spiro atoms. The number of anilines is 1. The minimum atomic E-state index is 0.732. The first-order valence-electron chi connectivity index (χ1n) is 11.7. The van der Waals surface area contributed by atoms with Crippen LogP contribution in [-0.4, -0.2) is 14.0 Å². The molecule has 3 nitrogen and oxygen atoms in total. The molecule has 0 bridgehead atoms. The van der Waals surface area contributed by atoms with Crippen molar-refractivity contribution in [1.29, 1.82) is 0 Å². The van der Waals surface area contributed by atoms with E-state index >= 15 is 0 Å². The van der Waals surface area contributed by atoms with Crippen LogP contribution in [0.4, 0.5) is 5.69 Å². The smallest absolute Gasteiger partial charge is 0.128 e. The van der Waals surface area contributed by atoms with E-state index in [-0.39, 0.29) is 0 Å². The minimum absolute atomic E-state index is 0.732. The second-order valence-corrected chi connectivity index (χ2v) is 11.1. The Morgan fingerprint density at radius 3 is 2.14 bits per heavy atom. The summed E-state index contributed by atoms with van der Waals surface area (Å²) in [4.78, 5) is 0.732. The van der Waals surface area contributed by atoms with Gasteiger partial charge in [0, 0.05) is 38.5 Å². The van der Waals surface area contributed by atoms with Gasteiger partial charge in [-0.25, -0.2) is 0 Å².